The van der Waals surface area contributed by atoms with E-state index in [0.29, 0.717) is 25.0 Å². The fourth-order valence-corrected chi connectivity index (χ4v) is 3.59. The Morgan fingerprint density at radius 2 is 2.32 bits per heavy atom. The van der Waals surface area contributed by atoms with Crippen LogP contribution in [0.1, 0.15) is 28.6 Å². The molecule has 1 fully saturated rings. The Balaban J connectivity index is 1.75. The van der Waals surface area contributed by atoms with E-state index in [1.165, 1.54) is 4.88 Å². The Kier molecular flexibility index (Phi) is 6.17. The van der Waals surface area contributed by atoms with Crippen LogP contribution in [0.5, 0.6) is 0 Å². The SMILES string of the molecule is Cc1ncsc1CCN(C)c1cc([C@H]2CCOC2)nc(NCCO)n1. The molecule has 136 valence electrons. The smallest absolute Gasteiger partial charge is 0.224 e. The standard InChI is InChI=1S/C17H25N5O2S/c1-12-15(25-11-19-12)3-6-22(2)16-9-14(13-4-8-24-10-13)20-17(21-16)18-5-7-23/h9,11,13,23H,3-8,10H2,1-2H3,(H,18,20,21)/t13-/m0/s1. The lowest BCUT2D eigenvalue weighted by Crippen LogP contribution is -2.23. The molecule has 0 saturated carbocycles. The molecule has 0 aliphatic carbocycles. The summed E-state index contributed by atoms with van der Waals surface area (Å²) in [7, 11) is 2.05. The Labute approximate surface area is 152 Å². The highest BCUT2D eigenvalue weighted by Crippen LogP contribution is 2.27. The van der Waals surface area contributed by atoms with E-state index < -0.39 is 0 Å². The molecule has 0 amide bonds. The van der Waals surface area contributed by atoms with Gasteiger partial charge in [0.1, 0.15) is 5.82 Å². The van der Waals surface area contributed by atoms with Crippen molar-refractivity contribution in [1.29, 1.82) is 0 Å². The maximum Gasteiger partial charge on any atom is 0.224 e. The average Bonchev–Trinajstić information content (AvgIpc) is 3.29. The molecule has 0 radical (unpaired) electrons. The molecule has 0 bridgehead atoms. The molecule has 1 atom stereocenters. The number of thiazole rings is 1. The van der Waals surface area contributed by atoms with Crippen LogP contribution < -0.4 is 10.2 Å². The molecule has 1 saturated heterocycles. The Morgan fingerprint density at radius 3 is 3.00 bits per heavy atom. The highest BCUT2D eigenvalue weighted by Gasteiger charge is 2.21. The molecule has 3 heterocycles. The van der Waals surface area contributed by atoms with Gasteiger partial charge in [-0.25, -0.2) is 9.97 Å². The first-order valence-corrected chi connectivity index (χ1v) is 9.47. The molecule has 1 aliphatic rings. The number of hydrogen-bond donors (Lipinski definition) is 2. The number of rotatable bonds is 8. The summed E-state index contributed by atoms with van der Waals surface area (Å²) in [6.45, 7) is 4.89. The van der Waals surface area contributed by atoms with Crippen molar-refractivity contribution in [2.45, 2.75) is 25.7 Å². The summed E-state index contributed by atoms with van der Waals surface area (Å²) in [4.78, 5) is 17.0. The summed E-state index contributed by atoms with van der Waals surface area (Å²) in [6, 6.07) is 2.06. The highest BCUT2D eigenvalue weighted by atomic mass is 32.1. The van der Waals surface area contributed by atoms with Crippen molar-refractivity contribution in [3.8, 4) is 0 Å². The van der Waals surface area contributed by atoms with Gasteiger partial charge in [0.15, 0.2) is 0 Å². The molecular formula is C17H25N5O2S. The largest absolute Gasteiger partial charge is 0.395 e. The van der Waals surface area contributed by atoms with Crippen LogP contribution in [0.4, 0.5) is 11.8 Å². The normalized spacial score (nSPS) is 17.0. The number of aliphatic hydroxyl groups excluding tert-OH is 1. The average molecular weight is 363 g/mol. The third-order valence-electron chi connectivity index (χ3n) is 4.39. The van der Waals surface area contributed by atoms with Crippen LogP contribution in [0.2, 0.25) is 0 Å². The molecular weight excluding hydrogens is 338 g/mol. The summed E-state index contributed by atoms with van der Waals surface area (Å²) in [5.41, 5.74) is 4.00. The van der Waals surface area contributed by atoms with Crippen molar-refractivity contribution >= 4 is 23.1 Å². The summed E-state index contributed by atoms with van der Waals surface area (Å²) in [5.74, 6) is 1.77. The van der Waals surface area contributed by atoms with E-state index in [1.807, 2.05) is 19.5 Å². The van der Waals surface area contributed by atoms with Crippen LogP contribution in [-0.4, -0.2) is 60.0 Å². The minimum absolute atomic E-state index is 0.0515. The number of aryl methyl sites for hydroxylation is 1. The van der Waals surface area contributed by atoms with E-state index >= 15 is 0 Å². The summed E-state index contributed by atoms with van der Waals surface area (Å²) in [5, 5.41) is 12.1. The lowest BCUT2D eigenvalue weighted by molar-refractivity contribution is 0.193. The minimum Gasteiger partial charge on any atom is -0.395 e. The van der Waals surface area contributed by atoms with Crippen LogP contribution in [0.15, 0.2) is 11.6 Å². The molecule has 0 unspecified atom stereocenters. The Hall–Kier alpha value is -1.77. The second kappa shape index (κ2) is 8.55. The highest BCUT2D eigenvalue weighted by molar-refractivity contribution is 7.09. The van der Waals surface area contributed by atoms with Gasteiger partial charge < -0.3 is 20.1 Å². The molecule has 7 nitrogen and oxygen atoms in total. The monoisotopic (exact) mass is 363 g/mol. The molecule has 8 heteroatoms. The second-order valence-electron chi connectivity index (χ2n) is 6.22. The summed E-state index contributed by atoms with van der Waals surface area (Å²) < 4.78 is 5.50. The van der Waals surface area contributed by atoms with Crippen LogP contribution in [0, 0.1) is 6.92 Å². The maximum absolute atomic E-state index is 9.05. The first-order chi connectivity index (χ1) is 12.2. The zero-order valence-electron chi connectivity index (χ0n) is 14.7. The van der Waals surface area contributed by atoms with Gasteiger partial charge in [0, 0.05) is 50.0 Å². The predicted molar refractivity (Wildman–Crippen MR) is 99.6 cm³/mol. The zero-order chi connectivity index (χ0) is 17.6. The lowest BCUT2D eigenvalue weighted by atomic mass is 10.0. The van der Waals surface area contributed by atoms with Crippen LogP contribution in [0.25, 0.3) is 0 Å². The summed E-state index contributed by atoms with van der Waals surface area (Å²) >= 11 is 1.70. The molecule has 2 aromatic heterocycles. The van der Waals surface area contributed by atoms with Gasteiger partial charge in [-0.1, -0.05) is 0 Å². The van der Waals surface area contributed by atoms with Gasteiger partial charge in [-0.05, 0) is 13.3 Å². The van der Waals surface area contributed by atoms with Crippen LogP contribution in [-0.2, 0) is 11.2 Å². The lowest BCUT2D eigenvalue weighted by Gasteiger charge is -2.20. The van der Waals surface area contributed by atoms with E-state index in [1.54, 1.807) is 11.3 Å². The molecule has 2 N–H and O–H groups in total. The van der Waals surface area contributed by atoms with Crippen molar-refractivity contribution < 1.29 is 9.84 Å². The van der Waals surface area contributed by atoms with Gasteiger partial charge in [0.05, 0.1) is 30.1 Å². The second-order valence-corrected chi connectivity index (χ2v) is 7.16. The van der Waals surface area contributed by atoms with Gasteiger partial charge >= 0.3 is 0 Å². The summed E-state index contributed by atoms with van der Waals surface area (Å²) in [6.07, 6.45) is 1.93. The van der Waals surface area contributed by atoms with E-state index in [0.717, 1.165) is 43.2 Å². The minimum atomic E-state index is 0.0515. The van der Waals surface area contributed by atoms with Crippen molar-refractivity contribution in [3.05, 3.63) is 27.8 Å². The van der Waals surface area contributed by atoms with Crippen molar-refractivity contribution in [1.82, 2.24) is 15.0 Å². The molecule has 0 spiro atoms. The van der Waals surface area contributed by atoms with Crippen LogP contribution >= 0.6 is 11.3 Å². The topological polar surface area (TPSA) is 83.4 Å². The molecule has 3 rings (SSSR count). The van der Waals surface area contributed by atoms with Crippen LogP contribution in [0.3, 0.4) is 0 Å². The molecule has 25 heavy (non-hydrogen) atoms. The number of nitrogens with one attached hydrogen (secondary N) is 1. The van der Waals surface area contributed by atoms with Crippen molar-refractivity contribution in [3.63, 3.8) is 0 Å². The fraction of sp³-hybridized carbons (Fsp3) is 0.588. The third-order valence-corrected chi connectivity index (χ3v) is 5.38. The van der Waals surface area contributed by atoms with E-state index in [9.17, 15) is 0 Å². The fourth-order valence-electron chi connectivity index (χ4n) is 2.82. The number of ether oxygens (including phenoxy) is 1. The van der Waals surface area contributed by atoms with Gasteiger partial charge in [0.2, 0.25) is 5.95 Å². The van der Waals surface area contributed by atoms with Gasteiger partial charge in [-0.2, -0.15) is 4.98 Å². The van der Waals surface area contributed by atoms with Gasteiger partial charge in [-0.3, -0.25) is 0 Å². The number of aliphatic hydroxyl groups is 1. The third kappa shape index (κ3) is 4.65. The first-order valence-electron chi connectivity index (χ1n) is 8.59. The Morgan fingerprint density at radius 1 is 1.44 bits per heavy atom. The van der Waals surface area contributed by atoms with E-state index in [4.69, 9.17) is 9.84 Å². The number of likely N-dealkylation sites (N-methyl/N-ethyl adjacent to an activating group) is 1. The van der Waals surface area contributed by atoms with E-state index in [-0.39, 0.29) is 6.61 Å². The van der Waals surface area contributed by atoms with Gasteiger partial charge in [-0.15, -0.1) is 11.3 Å². The predicted octanol–water partition coefficient (Wildman–Crippen LogP) is 1.83. The van der Waals surface area contributed by atoms with Crippen molar-refractivity contribution in [2.75, 3.05) is 50.2 Å². The number of anilines is 2. The zero-order valence-corrected chi connectivity index (χ0v) is 15.6. The molecule has 1 aliphatic heterocycles. The van der Waals surface area contributed by atoms with Crippen molar-refractivity contribution in [2.24, 2.45) is 0 Å². The van der Waals surface area contributed by atoms with E-state index in [2.05, 4.69) is 31.2 Å². The first kappa shape index (κ1) is 18.0. The molecule has 0 aromatic carbocycles. The number of nitrogens with zero attached hydrogens (tertiary/aromatic N) is 4. The quantitative estimate of drug-likeness (QED) is 0.740. The maximum atomic E-state index is 9.05. The number of aromatic nitrogens is 3. The Bertz CT molecular complexity index is 687. The number of hydrogen-bond acceptors (Lipinski definition) is 8. The molecule has 2 aromatic rings. The van der Waals surface area contributed by atoms with Gasteiger partial charge in [0.25, 0.3) is 0 Å².